The van der Waals surface area contributed by atoms with Gasteiger partial charge < -0.3 is 15.3 Å². The van der Waals surface area contributed by atoms with Crippen molar-refractivity contribution in [3.63, 3.8) is 0 Å². The molecule has 0 spiro atoms. The summed E-state index contributed by atoms with van der Waals surface area (Å²) in [5.74, 6) is 1.35. The maximum Gasteiger partial charge on any atom is 0.417 e. The van der Waals surface area contributed by atoms with Crippen molar-refractivity contribution in [3.05, 3.63) is 23.8 Å². The van der Waals surface area contributed by atoms with Crippen LogP contribution in [0.15, 0.2) is 12.4 Å². The fourth-order valence-electron chi connectivity index (χ4n) is 2.83. The maximum absolute atomic E-state index is 12.7. The Morgan fingerprint density at radius 2 is 1.88 bits per heavy atom. The van der Waals surface area contributed by atoms with Gasteiger partial charge in [-0.05, 0) is 24.8 Å². The number of nitrogens with one attached hydrogen (secondary N) is 1. The Labute approximate surface area is 143 Å². The van der Waals surface area contributed by atoms with Gasteiger partial charge in [0.15, 0.2) is 5.60 Å². The third kappa shape index (κ3) is 4.20. The van der Waals surface area contributed by atoms with Crippen LogP contribution in [0.25, 0.3) is 0 Å². The SMILES string of the molecule is O=C(NCCc1cnc(C2CC2)nc1)N1CCC(O)(C(F)(F)F)CC1. The van der Waals surface area contributed by atoms with Crippen LogP contribution in [0.1, 0.15) is 43.0 Å². The predicted octanol–water partition coefficient (Wildman–Crippen LogP) is 2.00. The Kier molecular flexibility index (Phi) is 4.86. The maximum atomic E-state index is 12.7. The van der Waals surface area contributed by atoms with Crippen LogP contribution >= 0.6 is 0 Å². The minimum absolute atomic E-state index is 0.124. The first-order valence-electron chi connectivity index (χ1n) is 8.41. The van der Waals surface area contributed by atoms with Gasteiger partial charge in [-0.1, -0.05) is 0 Å². The van der Waals surface area contributed by atoms with Crippen molar-refractivity contribution in [2.24, 2.45) is 0 Å². The number of carbonyl (C=O) groups excluding carboxylic acids is 1. The molecule has 0 bridgehead atoms. The van der Waals surface area contributed by atoms with Crippen LogP contribution in [-0.2, 0) is 6.42 Å². The molecule has 25 heavy (non-hydrogen) atoms. The van der Waals surface area contributed by atoms with Crippen LogP contribution in [0.3, 0.4) is 0 Å². The van der Waals surface area contributed by atoms with Gasteiger partial charge in [0.25, 0.3) is 0 Å². The van der Waals surface area contributed by atoms with Crippen molar-refractivity contribution in [1.82, 2.24) is 20.2 Å². The van der Waals surface area contributed by atoms with E-state index in [4.69, 9.17) is 0 Å². The molecule has 2 heterocycles. The second kappa shape index (κ2) is 6.78. The molecule has 0 atom stereocenters. The molecule has 2 aliphatic rings. The lowest BCUT2D eigenvalue weighted by molar-refractivity contribution is -0.271. The molecule has 1 aromatic heterocycles. The third-order valence-corrected chi connectivity index (χ3v) is 4.76. The van der Waals surface area contributed by atoms with Gasteiger partial charge >= 0.3 is 12.2 Å². The lowest BCUT2D eigenvalue weighted by Crippen LogP contribution is -2.55. The molecule has 3 rings (SSSR count). The summed E-state index contributed by atoms with van der Waals surface area (Å²) in [6.45, 7) is 0.104. The van der Waals surface area contributed by atoms with Gasteiger partial charge in [0, 0.05) is 50.8 Å². The normalized spacial score (nSPS) is 20.4. The number of aromatic nitrogens is 2. The summed E-state index contributed by atoms with van der Waals surface area (Å²) < 4.78 is 38.2. The van der Waals surface area contributed by atoms with E-state index in [9.17, 15) is 23.1 Å². The van der Waals surface area contributed by atoms with Crippen LogP contribution in [0, 0.1) is 0 Å². The molecule has 1 saturated carbocycles. The summed E-state index contributed by atoms with van der Waals surface area (Å²) >= 11 is 0. The largest absolute Gasteiger partial charge is 0.417 e. The molecule has 1 aliphatic carbocycles. The number of alkyl halides is 3. The van der Waals surface area contributed by atoms with Gasteiger partial charge in [0.05, 0.1) is 0 Å². The van der Waals surface area contributed by atoms with E-state index in [0.29, 0.717) is 18.9 Å². The summed E-state index contributed by atoms with van der Waals surface area (Å²) in [4.78, 5) is 21.9. The van der Waals surface area contributed by atoms with Gasteiger partial charge in [0.2, 0.25) is 0 Å². The third-order valence-electron chi connectivity index (χ3n) is 4.76. The molecule has 1 aromatic rings. The standard InChI is InChI=1S/C16H21F3N4O2/c17-16(18,19)15(25)4-7-23(8-5-15)14(24)20-6-3-11-9-21-13(22-10-11)12-1-2-12/h9-10,12,25H,1-8H2,(H,20,24). The quantitative estimate of drug-likeness (QED) is 0.863. The van der Waals surface area contributed by atoms with Gasteiger partial charge in [-0.2, -0.15) is 13.2 Å². The molecule has 138 valence electrons. The highest BCUT2D eigenvalue weighted by molar-refractivity contribution is 5.74. The van der Waals surface area contributed by atoms with Gasteiger partial charge in [-0.3, -0.25) is 0 Å². The number of halogens is 3. The number of piperidine rings is 1. The zero-order valence-corrected chi connectivity index (χ0v) is 13.7. The van der Waals surface area contributed by atoms with E-state index in [1.807, 2.05) is 0 Å². The monoisotopic (exact) mass is 358 g/mol. The van der Waals surface area contributed by atoms with Crippen molar-refractivity contribution >= 4 is 6.03 Å². The first kappa shape index (κ1) is 17.9. The highest BCUT2D eigenvalue weighted by atomic mass is 19.4. The van der Waals surface area contributed by atoms with E-state index in [1.165, 1.54) is 4.90 Å². The van der Waals surface area contributed by atoms with Gasteiger partial charge in [-0.25, -0.2) is 14.8 Å². The Hall–Kier alpha value is -1.90. The minimum atomic E-state index is -4.66. The van der Waals surface area contributed by atoms with Crippen molar-refractivity contribution in [2.75, 3.05) is 19.6 Å². The number of nitrogens with zero attached hydrogens (tertiary/aromatic N) is 3. The zero-order valence-electron chi connectivity index (χ0n) is 13.7. The summed E-state index contributed by atoms with van der Waals surface area (Å²) in [7, 11) is 0. The van der Waals surface area contributed by atoms with Crippen LogP contribution in [0.4, 0.5) is 18.0 Å². The van der Waals surface area contributed by atoms with Crippen molar-refractivity contribution in [2.45, 2.75) is 49.8 Å². The first-order chi connectivity index (χ1) is 11.8. The Bertz CT molecular complexity index is 609. The number of rotatable bonds is 4. The molecule has 9 heteroatoms. The predicted molar refractivity (Wildman–Crippen MR) is 82.9 cm³/mol. The second-order valence-electron chi connectivity index (χ2n) is 6.72. The number of hydrogen-bond acceptors (Lipinski definition) is 4. The number of carbonyl (C=O) groups is 1. The second-order valence-corrected chi connectivity index (χ2v) is 6.72. The number of likely N-dealkylation sites (tertiary alicyclic amines) is 1. The smallest absolute Gasteiger partial charge is 0.380 e. The molecule has 2 N–H and O–H groups in total. The van der Waals surface area contributed by atoms with E-state index in [1.54, 1.807) is 12.4 Å². The van der Waals surface area contributed by atoms with E-state index in [0.717, 1.165) is 24.2 Å². The lowest BCUT2D eigenvalue weighted by atomic mass is 9.91. The fourth-order valence-corrected chi connectivity index (χ4v) is 2.83. The van der Waals surface area contributed by atoms with E-state index in [-0.39, 0.29) is 13.1 Å². The molecule has 0 radical (unpaired) electrons. The minimum Gasteiger partial charge on any atom is -0.380 e. The Morgan fingerprint density at radius 3 is 2.40 bits per heavy atom. The molecule has 0 aromatic carbocycles. The average Bonchev–Trinajstić information content (AvgIpc) is 3.40. The highest BCUT2D eigenvalue weighted by Crippen LogP contribution is 2.38. The molecule has 2 fully saturated rings. The Morgan fingerprint density at radius 1 is 1.28 bits per heavy atom. The van der Waals surface area contributed by atoms with Crippen LogP contribution in [0.5, 0.6) is 0 Å². The lowest BCUT2D eigenvalue weighted by Gasteiger charge is -2.39. The summed E-state index contributed by atoms with van der Waals surface area (Å²) in [6.07, 6.45) is 0.650. The zero-order chi connectivity index (χ0) is 18.1. The molecular formula is C16H21F3N4O2. The number of amides is 2. The molecule has 1 saturated heterocycles. The van der Waals surface area contributed by atoms with E-state index >= 15 is 0 Å². The van der Waals surface area contributed by atoms with Crippen molar-refractivity contribution < 1.29 is 23.1 Å². The van der Waals surface area contributed by atoms with E-state index in [2.05, 4.69) is 15.3 Å². The van der Waals surface area contributed by atoms with Gasteiger partial charge in [-0.15, -0.1) is 0 Å². The van der Waals surface area contributed by atoms with Crippen molar-refractivity contribution in [1.29, 1.82) is 0 Å². The molecular weight excluding hydrogens is 337 g/mol. The molecule has 1 aliphatic heterocycles. The average molecular weight is 358 g/mol. The van der Waals surface area contributed by atoms with Crippen LogP contribution in [0.2, 0.25) is 0 Å². The van der Waals surface area contributed by atoms with Crippen LogP contribution < -0.4 is 5.32 Å². The summed E-state index contributed by atoms with van der Waals surface area (Å²) in [5, 5.41) is 12.3. The Balaban J connectivity index is 1.41. The first-order valence-corrected chi connectivity index (χ1v) is 8.41. The van der Waals surface area contributed by atoms with Gasteiger partial charge in [0.1, 0.15) is 5.82 Å². The molecule has 6 nitrogen and oxygen atoms in total. The summed E-state index contributed by atoms with van der Waals surface area (Å²) in [5.41, 5.74) is -1.79. The summed E-state index contributed by atoms with van der Waals surface area (Å²) in [6, 6.07) is -0.417. The topological polar surface area (TPSA) is 78.4 Å². The number of aliphatic hydroxyl groups is 1. The number of urea groups is 1. The number of hydrogen-bond donors (Lipinski definition) is 2. The molecule has 0 unspecified atom stereocenters. The van der Waals surface area contributed by atoms with Crippen LogP contribution in [-0.4, -0.2) is 57.4 Å². The highest BCUT2D eigenvalue weighted by Gasteiger charge is 2.54. The fraction of sp³-hybridized carbons (Fsp3) is 0.688. The van der Waals surface area contributed by atoms with E-state index < -0.39 is 30.7 Å². The molecule has 2 amide bonds. The van der Waals surface area contributed by atoms with Crippen molar-refractivity contribution in [3.8, 4) is 0 Å².